The van der Waals surface area contributed by atoms with Crippen molar-refractivity contribution < 1.29 is 4.79 Å². The van der Waals surface area contributed by atoms with E-state index < -0.39 is 0 Å². The fourth-order valence-corrected chi connectivity index (χ4v) is 2.92. The molecule has 1 fully saturated rings. The fraction of sp³-hybridized carbons (Fsp3) is 0.562. The van der Waals surface area contributed by atoms with E-state index in [1.807, 2.05) is 4.90 Å². The van der Waals surface area contributed by atoms with E-state index in [-0.39, 0.29) is 5.91 Å². The van der Waals surface area contributed by atoms with Gasteiger partial charge in [0.1, 0.15) is 0 Å². The molecule has 3 nitrogen and oxygen atoms in total. The monoisotopic (exact) mass is 372 g/mol. The van der Waals surface area contributed by atoms with Gasteiger partial charge in [-0.2, -0.15) is 0 Å². The first-order valence-corrected chi connectivity index (χ1v) is 8.61. The highest BCUT2D eigenvalue weighted by molar-refractivity contribution is 9.10. The topological polar surface area (TPSA) is 23.6 Å². The molecule has 1 amide bonds. The highest BCUT2D eigenvalue weighted by Crippen LogP contribution is 2.24. The van der Waals surface area contributed by atoms with Gasteiger partial charge in [-0.25, -0.2) is 0 Å². The van der Waals surface area contributed by atoms with E-state index in [4.69, 9.17) is 11.6 Å². The predicted molar refractivity (Wildman–Crippen MR) is 91.0 cm³/mol. The molecular formula is C16H22BrClN2O. The van der Waals surface area contributed by atoms with Gasteiger partial charge >= 0.3 is 0 Å². The van der Waals surface area contributed by atoms with Crippen molar-refractivity contribution in [2.24, 2.45) is 5.92 Å². The second-order valence-electron chi connectivity index (χ2n) is 5.95. The maximum absolute atomic E-state index is 12.5. The zero-order valence-corrected chi connectivity index (χ0v) is 15.0. The molecule has 5 heteroatoms. The largest absolute Gasteiger partial charge is 0.336 e. The molecule has 0 bridgehead atoms. The van der Waals surface area contributed by atoms with Crippen LogP contribution in [0, 0.1) is 5.92 Å². The number of carbonyl (C=O) groups is 1. The molecule has 0 unspecified atom stereocenters. The lowest BCUT2D eigenvalue weighted by atomic mass is 10.1. The van der Waals surface area contributed by atoms with Gasteiger partial charge in [-0.1, -0.05) is 25.4 Å². The number of nitrogens with zero attached hydrogens (tertiary/aromatic N) is 2. The molecule has 2 rings (SSSR count). The molecular weight excluding hydrogens is 352 g/mol. The Balaban J connectivity index is 1.89. The van der Waals surface area contributed by atoms with Crippen molar-refractivity contribution in [3.05, 3.63) is 33.3 Å². The maximum atomic E-state index is 12.5. The minimum absolute atomic E-state index is 0.0934. The summed E-state index contributed by atoms with van der Waals surface area (Å²) in [6.45, 7) is 9.16. The third-order valence-corrected chi connectivity index (χ3v) is 5.06. The minimum atomic E-state index is 0.0934. The molecule has 0 spiro atoms. The third kappa shape index (κ3) is 4.70. The first-order chi connectivity index (χ1) is 9.97. The molecule has 0 aliphatic carbocycles. The number of piperazine rings is 1. The molecule has 0 saturated carbocycles. The molecule has 0 atom stereocenters. The minimum Gasteiger partial charge on any atom is -0.336 e. The Hall–Kier alpha value is -0.580. The van der Waals surface area contributed by atoms with Crippen LogP contribution in [0.15, 0.2) is 22.7 Å². The summed E-state index contributed by atoms with van der Waals surface area (Å²) in [5.41, 5.74) is 0.696. The average Bonchev–Trinajstić information content (AvgIpc) is 2.48. The van der Waals surface area contributed by atoms with Gasteiger partial charge in [0.15, 0.2) is 0 Å². The zero-order chi connectivity index (χ0) is 15.4. The Morgan fingerprint density at radius 3 is 2.52 bits per heavy atom. The molecule has 1 aliphatic heterocycles. The van der Waals surface area contributed by atoms with Crippen LogP contribution < -0.4 is 0 Å². The van der Waals surface area contributed by atoms with Crippen molar-refractivity contribution >= 4 is 33.4 Å². The zero-order valence-electron chi connectivity index (χ0n) is 12.6. The highest BCUT2D eigenvalue weighted by atomic mass is 79.9. The lowest BCUT2D eigenvalue weighted by Gasteiger charge is -2.35. The number of hydrogen-bond donors (Lipinski definition) is 0. The Labute approximate surface area is 140 Å². The standard InChI is InChI=1S/C16H22BrClN2O/c1-12(2)5-6-19-7-9-20(10-8-19)16(21)13-3-4-15(18)14(17)11-13/h3-4,11-12H,5-10H2,1-2H3. The van der Waals surface area contributed by atoms with Crippen molar-refractivity contribution in [2.45, 2.75) is 20.3 Å². The number of rotatable bonds is 4. The summed E-state index contributed by atoms with van der Waals surface area (Å²) in [7, 11) is 0. The van der Waals surface area contributed by atoms with Crippen LogP contribution in [0.5, 0.6) is 0 Å². The molecule has 1 heterocycles. The summed E-state index contributed by atoms with van der Waals surface area (Å²) < 4.78 is 0.769. The maximum Gasteiger partial charge on any atom is 0.253 e. The van der Waals surface area contributed by atoms with E-state index in [0.717, 1.165) is 43.1 Å². The summed E-state index contributed by atoms with van der Waals surface area (Å²) >= 11 is 9.34. The lowest BCUT2D eigenvalue weighted by Crippen LogP contribution is -2.49. The number of carbonyl (C=O) groups excluding carboxylic acids is 1. The fourth-order valence-electron chi connectivity index (χ4n) is 2.43. The second kappa shape index (κ2) is 7.61. The first-order valence-electron chi connectivity index (χ1n) is 7.44. The van der Waals surface area contributed by atoms with Gasteiger partial charge in [0.25, 0.3) is 5.91 Å². The number of benzene rings is 1. The highest BCUT2D eigenvalue weighted by Gasteiger charge is 2.22. The lowest BCUT2D eigenvalue weighted by molar-refractivity contribution is 0.0632. The Kier molecular flexibility index (Phi) is 6.08. The SMILES string of the molecule is CC(C)CCN1CCN(C(=O)c2ccc(Cl)c(Br)c2)CC1. The molecule has 1 saturated heterocycles. The van der Waals surface area contributed by atoms with Crippen LogP contribution in [-0.2, 0) is 0 Å². The van der Waals surface area contributed by atoms with Gasteiger partial charge in [0.2, 0.25) is 0 Å². The molecule has 0 radical (unpaired) electrons. The molecule has 21 heavy (non-hydrogen) atoms. The van der Waals surface area contributed by atoms with Gasteiger partial charge < -0.3 is 4.90 Å². The van der Waals surface area contributed by atoms with Crippen LogP contribution in [0.3, 0.4) is 0 Å². The Morgan fingerprint density at radius 2 is 1.95 bits per heavy atom. The van der Waals surface area contributed by atoms with Crippen LogP contribution in [-0.4, -0.2) is 48.4 Å². The van der Waals surface area contributed by atoms with E-state index in [1.165, 1.54) is 6.42 Å². The summed E-state index contributed by atoms with van der Waals surface area (Å²) in [5, 5.41) is 0.630. The summed E-state index contributed by atoms with van der Waals surface area (Å²) in [6, 6.07) is 5.36. The first kappa shape index (κ1) is 16.8. The van der Waals surface area contributed by atoms with Crippen molar-refractivity contribution in [3.8, 4) is 0 Å². The molecule has 1 aliphatic rings. The molecule has 0 aromatic heterocycles. The number of halogens is 2. The van der Waals surface area contributed by atoms with E-state index in [2.05, 4.69) is 34.7 Å². The normalized spacial score (nSPS) is 16.5. The smallest absolute Gasteiger partial charge is 0.253 e. The van der Waals surface area contributed by atoms with Crippen molar-refractivity contribution in [1.82, 2.24) is 9.80 Å². The molecule has 116 valence electrons. The van der Waals surface area contributed by atoms with Gasteiger partial charge in [0.05, 0.1) is 5.02 Å². The van der Waals surface area contributed by atoms with Crippen molar-refractivity contribution in [3.63, 3.8) is 0 Å². The predicted octanol–water partition coefficient (Wildman–Crippen LogP) is 3.91. The molecule has 1 aromatic rings. The molecule has 0 N–H and O–H groups in total. The van der Waals surface area contributed by atoms with E-state index >= 15 is 0 Å². The van der Waals surface area contributed by atoms with Crippen LogP contribution in [0.2, 0.25) is 5.02 Å². The third-order valence-electron chi connectivity index (χ3n) is 3.85. The number of hydrogen-bond acceptors (Lipinski definition) is 2. The average molecular weight is 374 g/mol. The Bertz CT molecular complexity index is 499. The van der Waals surface area contributed by atoms with Gasteiger partial charge in [0, 0.05) is 36.2 Å². The van der Waals surface area contributed by atoms with E-state index in [1.54, 1.807) is 18.2 Å². The van der Waals surface area contributed by atoms with E-state index in [9.17, 15) is 4.79 Å². The van der Waals surface area contributed by atoms with Crippen LogP contribution >= 0.6 is 27.5 Å². The van der Waals surface area contributed by atoms with Crippen LogP contribution in [0.1, 0.15) is 30.6 Å². The second-order valence-corrected chi connectivity index (χ2v) is 7.21. The Morgan fingerprint density at radius 1 is 1.29 bits per heavy atom. The summed E-state index contributed by atoms with van der Waals surface area (Å²) in [6.07, 6.45) is 1.22. The van der Waals surface area contributed by atoms with Crippen LogP contribution in [0.4, 0.5) is 0 Å². The van der Waals surface area contributed by atoms with Gasteiger partial charge in [-0.3, -0.25) is 9.69 Å². The van der Waals surface area contributed by atoms with Crippen molar-refractivity contribution in [1.29, 1.82) is 0 Å². The van der Waals surface area contributed by atoms with Crippen LogP contribution in [0.25, 0.3) is 0 Å². The summed E-state index contributed by atoms with van der Waals surface area (Å²) in [4.78, 5) is 16.9. The molecule has 1 aromatic carbocycles. The van der Waals surface area contributed by atoms with Gasteiger partial charge in [-0.15, -0.1) is 0 Å². The quantitative estimate of drug-likeness (QED) is 0.799. The number of amides is 1. The van der Waals surface area contributed by atoms with Gasteiger partial charge in [-0.05, 0) is 53.0 Å². The summed E-state index contributed by atoms with van der Waals surface area (Å²) in [5.74, 6) is 0.826. The van der Waals surface area contributed by atoms with E-state index in [0.29, 0.717) is 10.6 Å². The van der Waals surface area contributed by atoms with Crippen molar-refractivity contribution in [2.75, 3.05) is 32.7 Å².